The normalized spacial score (nSPS) is 17.0. The van der Waals surface area contributed by atoms with Crippen molar-refractivity contribution >= 4 is 21.6 Å². The Kier molecular flexibility index (Phi) is 3.11. The zero-order valence-electron chi connectivity index (χ0n) is 9.64. The molecule has 0 radical (unpaired) electrons. The molecule has 0 atom stereocenters. The van der Waals surface area contributed by atoms with Gasteiger partial charge in [0, 0.05) is 19.2 Å². The molecule has 0 aliphatic carbocycles. The number of hydrogen-bond acceptors (Lipinski definition) is 3. The molecule has 1 aliphatic rings. The van der Waals surface area contributed by atoms with E-state index in [1.807, 2.05) is 18.3 Å². The molecule has 1 aliphatic heterocycles. The van der Waals surface area contributed by atoms with Gasteiger partial charge in [0.15, 0.2) is 5.65 Å². The Labute approximate surface area is 109 Å². The smallest absolute Gasteiger partial charge is 0.175 e. The zero-order chi connectivity index (χ0) is 11.7. The quantitative estimate of drug-likeness (QED) is 0.870. The third kappa shape index (κ3) is 2.21. The monoisotopic (exact) mass is 294 g/mol. The highest BCUT2D eigenvalue weighted by Crippen LogP contribution is 2.16. The number of rotatable bonds is 3. The first kappa shape index (κ1) is 11.2. The molecule has 0 bridgehead atoms. The van der Waals surface area contributed by atoms with E-state index >= 15 is 0 Å². The molecule has 0 unspecified atom stereocenters. The highest BCUT2D eigenvalue weighted by atomic mass is 79.9. The van der Waals surface area contributed by atoms with E-state index < -0.39 is 0 Å². The molecule has 0 N–H and O–H groups in total. The molecule has 5 heteroatoms. The van der Waals surface area contributed by atoms with Gasteiger partial charge in [0.2, 0.25) is 0 Å². The van der Waals surface area contributed by atoms with Crippen molar-refractivity contribution in [1.29, 1.82) is 0 Å². The highest BCUT2D eigenvalue weighted by molar-refractivity contribution is 9.10. The van der Waals surface area contributed by atoms with Gasteiger partial charge in [-0.3, -0.25) is 4.40 Å². The van der Waals surface area contributed by atoms with Crippen molar-refractivity contribution in [3.63, 3.8) is 0 Å². The van der Waals surface area contributed by atoms with Crippen LogP contribution in [0.5, 0.6) is 0 Å². The third-order valence-corrected chi connectivity index (χ3v) is 3.93. The van der Waals surface area contributed by atoms with Crippen LogP contribution in [0, 0.1) is 0 Å². The van der Waals surface area contributed by atoms with Gasteiger partial charge in [-0.25, -0.2) is 0 Å². The largest absolute Gasteiger partial charge is 0.303 e. The topological polar surface area (TPSA) is 33.4 Å². The van der Waals surface area contributed by atoms with Gasteiger partial charge in [0.05, 0.1) is 4.47 Å². The van der Waals surface area contributed by atoms with E-state index in [4.69, 9.17) is 0 Å². The highest BCUT2D eigenvalue weighted by Gasteiger charge is 2.13. The van der Waals surface area contributed by atoms with Crippen LogP contribution in [-0.4, -0.2) is 39.1 Å². The molecule has 90 valence electrons. The lowest BCUT2D eigenvalue weighted by Crippen LogP contribution is -2.22. The number of pyridine rings is 1. The summed E-state index contributed by atoms with van der Waals surface area (Å²) in [6, 6.07) is 4.01. The number of nitrogens with zero attached hydrogens (tertiary/aromatic N) is 4. The van der Waals surface area contributed by atoms with Crippen LogP contribution in [0.25, 0.3) is 5.65 Å². The summed E-state index contributed by atoms with van der Waals surface area (Å²) >= 11 is 3.49. The average Bonchev–Trinajstić information content (AvgIpc) is 2.95. The SMILES string of the molecule is Brc1cccn2c(CCN3CCCC3)nnc12. The predicted octanol–water partition coefficient (Wildman–Crippen LogP) is 2.13. The molecule has 1 saturated heterocycles. The van der Waals surface area contributed by atoms with Gasteiger partial charge in [0.25, 0.3) is 0 Å². The zero-order valence-corrected chi connectivity index (χ0v) is 11.2. The van der Waals surface area contributed by atoms with Crippen molar-refractivity contribution in [2.75, 3.05) is 19.6 Å². The van der Waals surface area contributed by atoms with Crippen molar-refractivity contribution in [2.45, 2.75) is 19.3 Å². The van der Waals surface area contributed by atoms with Crippen LogP contribution in [0.4, 0.5) is 0 Å². The Morgan fingerprint density at radius 1 is 1.24 bits per heavy atom. The summed E-state index contributed by atoms with van der Waals surface area (Å²) in [5.74, 6) is 1.05. The molecule has 2 aromatic rings. The van der Waals surface area contributed by atoms with Gasteiger partial charge in [0.1, 0.15) is 5.82 Å². The lowest BCUT2D eigenvalue weighted by atomic mass is 10.3. The second-order valence-electron chi connectivity index (χ2n) is 4.46. The molecule has 0 aromatic carbocycles. The van der Waals surface area contributed by atoms with E-state index in [-0.39, 0.29) is 0 Å². The summed E-state index contributed by atoms with van der Waals surface area (Å²) in [6.45, 7) is 3.56. The van der Waals surface area contributed by atoms with Gasteiger partial charge < -0.3 is 4.90 Å². The molecular formula is C12H15BrN4. The Morgan fingerprint density at radius 3 is 2.88 bits per heavy atom. The van der Waals surface area contributed by atoms with Gasteiger partial charge in [-0.1, -0.05) is 0 Å². The first-order chi connectivity index (χ1) is 8.34. The van der Waals surface area contributed by atoms with Crippen LogP contribution in [-0.2, 0) is 6.42 Å². The minimum absolute atomic E-state index is 0.906. The number of halogens is 1. The maximum atomic E-state index is 4.27. The molecule has 3 rings (SSSR count). The van der Waals surface area contributed by atoms with Crippen LogP contribution in [0.2, 0.25) is 0 Å². The molecule has 1 fully saturated rings. The van der Waals surface area contributed by atoms with Gasteiger partial charge in [-0.05, 0) is 54.0 Å². The molecule has 2 aromatic heterocycles. The second kappa shape index (κ2) is 4.74. The minimum atomic E-state index is 0.906. The van der Waals surface area contributed by atoms with Gasteiger partial charge >= 0.3 is 0 Å². The number of likely N-dealkylation sites (tertiary alicyclic amines) is 1. The van der Waals surface area contributed by atoms with E-state index in [0.29, 0.717) is 0 Å². The van der Waals surface area contributed by atoms with Crippen LogP contribution in [0.1, 0.15) is 18.7 Å². The summed E-state index contributed by atoms with van der Waals surface area (Å²) in [5, 5.41) is 8.48. The third-order valence-electron chi connectivity index (χ3n) is 3.31. The summed E-state index contributed by atoms with van der Waals surface area (Å²) in [4.78, 5) is 2.50. The van der Waals surface area contributed by atoms with Crippen LogP contribution in [0.15, 0.2) is 22.8 Å². The van der Waals surface area contributed by atoms with E-state index in [2.05, 4.69) is 35.4 Å². The molecule has 17 heavy (non-hydrogen) atoms. The lowest BCUT2D eigenvalue weighted by Gasteiger charge is -2.13. The van der Waals surface area contributed by atoms with Crippen molar-refractivity contribution < 1.29 is 0 Å². The van der Waals surface area contributed by atoms with Crippen molar-refractivity contribution in [3.8, 4) is 0 Å². The first-order valence-electron chi connectivity index (χ1n) is 6.05. The average molecular weight is 295 g/mol. The second-order valence-corrected chi connectivity index (χ2v) is 5.32. The summed E-state index contributed by atoms with van der Waals surface area (Å²) < 4.78 is 3.07. The van der Waals surface area contributed by atoms with Crippen molar-refractivity contribution in [1.82, 2.24) is 19.5 Å². The first-order valence-corrected chi connectivity index (χ1v) is 6.84. The van der Waals surface area contributed by atoms with Crippen molar-refractivity contribution in [3.05, 3.63) is 28.6 Å². The number of fused-ring (bicyclic) bond motifs is 1. The summed E-state index contributed by atoms with van der Waals surface area (Å²) in [6.07, 6.45) is 5.68. The summed E-state index contributed by atoms with van der Waals surface area (Å²) in [5.41, 5.74) is 0.906. The van der Waals surface area contributed by atoms with Gasteiger partial charge in [-0.2, -0.15) is 0 Å². The molecular weight excluding hydrogens is 280 g/mol. The Hall–Kier alpha value is -0.940. The Balaban J connectivity index is 1.78. The van der Waals surface area contributed by atoms with Crippen LogP contribution in [0.3, 0.4) is 0 Å². The number of aromatic nitrogens is 3. The Bertz CT molecular complexity index is 516. The molecule has 0 spiro atoms. The van der Waals surface area contributed by atoms with E-state index in [0.717, 1.165) is 28.9 Å². The van der Waals surface area contributed by atoms with Crippen molar-refractivity contribution in [2.24, 2.45) is 0 Å². The van der Waals surface area contributed by atoms with Gasteiger partial charge in [-0.15, -0.1) is 10.2 Å². The standard InChI is InChI=1S/C12H15BrN4/c13-10-4-3-8-17-11(14-15-12(10)17)5-9-16-6-1-2-7-16/h3-4,8H,1-2,5-7,9H2. The van der Waals surface area contributed by atoms with Crippen LogP contribution >= 0.6 is 15.9 Å². The molecule has 0 saturated carbocycles. The fourth-order valence-corrected chi connectivity index (χ4v) is 2.79. The van der Waals surface area contributed by atoms with Crippen LogP contribution < -0.4 is 0 Å². The molecule has 4 nitrogen and oxygen atoms in total. The fourth-order valence-electron chi connectivity index (χ4n) is 2.37. The molecule has 3 heterocycles. The van der Waals surface area contributed by atoms with E-state index in [1.165, 1.54) is 25.9 Å². The minimum Gasteiger partial charge on any atom is -0.303 e. The Morgan fingerprint density at radius 2 is 2.06 bits per heavy atom. The fraction of sp³-hybridized carbons (Fsp3) is 0.500. The van der Waals surface area contributed by atoms with E-state index in [1.54, 1.807) is 0 Å². The molecule has 0 amide bonds. The summed E-state index contributed by atoms with van der Waals surface area (Å²) in [7, 11) is 0. The predicted molar refractivity (Wildman–Crippen MR) is 70.1 cm³/mol. The lowest BCUT2D eigenvalue weighted by molar-refractivity contribution is 0.340. The maximum absolute atomic E-state index is 4.27. The van der Waals surface area contributed by atoms with E-state index in [9.17, 15) is 0 Å². The maximum Gasteiger partial charge on any atom is 0.175 e. The number of hydrogen-bond donors (Lipinski definition) is 0.